The fourth-order valence-electron chi connectivity index (χ4n) is 2.17. The molecule has 0 aliphatic carbocycles. The molecule has 1 aromatic carbocycles. The fourth-order valence-corrected chi connectivity index (χ4v) is 3.43. The number of hydrogen-bond acceptors (Lipinski definition) is 2. The van der Waals surface area contributed by atoms with E-state index in [1.54, 1.807) is 6.07 Å². The summed E-state index contributed by atoms with van der Waals surface area (Å²) >= 11 is 7.79. The molecule has 2 rings (SSSR count). The summed E-state index contributed by atoms with van der Waals surface area (Å²) in [4.78, 5) is 2.26. The molecule has 0 amide bonds. The number of nitrogens with zero attached hydrogens (tertiary/aromatic N) is 1. The predicted molar refractivity (Wildman–Crippen MR) is 79.3 cm³/mol. The van der Waals surface area contributed by atoms with Crippen LogP contribution in [0.15, 0.2) is 18.2 Å². The molecule has 1 heterocycles. The van der Waals surface area contributed by atoms with Crippen LogP contribution in [-0.4, -0.2) is 23.6 Å². The summed E-state index contributed by atoms with van der Waals surface area (Å²) in [5.41, 5.74) is 1.81. The van der Waals surface area contributed by atoms with E-state index in [4.69, 9.17) is 11.6 Å². The number of rotatable bonds is 2. The molecular formula is C14H19ClFNS. The monoisotopic (exact) mass is 287 g/mol. The van der Waals surface area contributed by atoms with Gasteiger partial charge in [-0.3, -0.25) is 0 Å². The maximum absolute atomic E-state index is 13.5. The van der Waals surface area contributed by atoms with Crippen molar-refractivity contribution in [2.24, 2.45) is 0 Å². The normalized spacial score (nSPS) is 19.7. The molecule has 4 heteroatoms. The minimum absolute atomic E-state index is 0.195. The second-order valence-electron chi connectivity index (χ2n) is 5.30. The molecule has 1 saturated heterocycles. The highest BCUT2D eigenvalue weighted by atomic mass is 35.5. The Kier molecular flexibility index (Phi) is 4.44. The Balaban J connectivity index is 2.18. The highest BCUT2D eigenvalue weighted by molar-refractivity contribution is 8.00. The largest absolute Gasteiger partial charge is 0.371 e. The van der Waals surface area contributed by atoms with Gasteiger partial charge in [-0.15, -0.1) is 11.6 Å². The molecule has 1 fully saturated rings. The summed E-state index contributed by atoms with van der Waals surface area (Å²) in [6.45, 7) is 6.50. The second-order valence-corrected chi connectivity index (χ2v) is 7.37. The number of benzene rings is 1. The van der Waals surface area contributed by atoms with Gasteiger partial charge in [-0.1, -0.05) is 13.8 Å². The summed E-state index contributed by atoms with van der Waals surface area (Å²) in [7, 11) is 0. The van der Waals surface area contributed by atoms with Crippen LogP contribution in [0, 0.1) is 5.82 Å². The van der Waals surface area contributed by atoms with E-state index in [1.807, 2.05) is 17.8 Å². The lowest BCUT2D eigenvalue weighted by atomic mass is 10.1. The molecule has 100 valence electrons. The van der Waals surface area contributed by atoms with Crippen molar-refractivity contribution in [1.29, 1.82) is 0 Å². The lowest BCUT2D eigenvalue weighted by Crippen LogP contribution is -2.27. The van der Waals surface area contributed by atoms with Gasteiger partial charge in [-0.25, -0.2) is 4.39 Å². The molecular weight excluding hydrogens is 269 g/mol. The number of hydrogen-bond donors (Lipinski definition) is 0. The SMILES string of the molecule is CC1(C)CCN(c2cc(F)cc(CCl)c2)CCS1. The first-order valence-corrected chi connectivity index (χ1v) is 7.76. The van der Waals surface area contributed by atoms with Crippen molar-refractivity contribution in [2.75, 3.05) is 23.7 Å². The van der Waals surface area contributed by atoms with Crippen LogP contribution in [0.1, 0.15) is 25.8 Å². The third kappa shape index (κ3) is 3.55. The number of anilines is 1. The van der Waals surface area contributed by atoms with Gasteiger partial charge in [0.1, 0.15) is 5.82 Å². The molecule has 0 unspecified atom stereocenters. The van der Waals surface area contributed by atoms with Gasteiger partial charge in [0.2, 0.25) is 0 Å². The number of alkyl halides is 1. The Morgan fingerprint density at radius 2 is 2.11 bits per heavy atom. The first-order chi connectivity index (χ1) is 8.50. The lowest BCUT2D eigenvalue weighted by Gasteiger charge is -2.24. The van der Waals surface area contributed by atoms with E-state index in [-0.39, 0.29) is 5.82 Å². The summed E-state index contributed by atoms with van der Waals surface area (Å²) in [5.74, 6) is 1.25. The van der Waals surface area contributed by atoms with Crippen molar-refractivity contribution in [1.82, 2.24) is 0 Å². The van der Waals surface area contributed by atoms with Crippen LogP contribution in [0.5, 0.6) is 0 Å². The zero-order chi connectivity index (χ0) is 13.2. The van der Waals surface area contributed by atoms with E-state index in [1.165, 1.54) is 6.07 Å². The summed E-state index contributed by atoms with van der Waals surface area (Å²) < 4.78 is 13.8. The molecule has 0 atom stereocenters. The highest BCUT2D eigenvalue weighted by Gasteiger charge is 2.24. The van der Waals surface area contributed by atoms with E-state index in [9.17, 15) is 4.39 Å². The number of halogens is 2. The molecule has 0 aromatic heterocycles. The van der Waals surface area contributed by atoms with Crippen molar-refractivity contribution in [3.8, 4) is 0 Å². The average molecular weight is 288 g/mol. The Morgan fingerprint density at radius 1 is 1.33 bits per heavy atom. The average Bonchev–Trinajstić information content (AvgIpc) is 2.49. The van der Waals surface area contributed by atoms with E-state index in [0.29, 0.717) is 10.6 Å². The van der Waals surface area contributed by atoms with Crippen LogP contribution in [0.2, 0.25) is 0 Å². The first-order valence-electron chi connectivity index (χ1n) is 6.24. The fraction of sp³-hybridized carbons (Fsp3) is 0.571. The predicted octanol–water partition coefficient (Wildman–Crippen LogP) is 4.29. The summed E-state index contributed by atoms with van der Waals surface area (Å²) in [6.07, 6.45) is 1.12. The van der Waals surface area contributed by atoms with Crippen molar-refractivity contribution < 1.29 is 4.39 Å². The van der Waals surface area contributed by atoms with Crippen LogP contribution in [0.3, 0.4) is 0 Å². The van der Waals surface area contributed by atoms with Gasteiger partial charge in [0.25, 0.3) is 0 Å². The van der Waals surface area contributed by atoms with Crippen molar-refractivity contribution in [3.05, 3.63) is 29.6 Å². The van der Waals surface area contributed by atoms with Crippen LogP contribution >= 0.6 is 23.4 Å². The molecule has 0 radical (unpaired) electrons. The summed E-state index contributed by atoms with van der Waals surface area (Å²) in [5, 5.41) is 0. The maximum Gasteiger partial charge on any atom is 0.125 e. The standard InChI is InChI=1S/C14H19ClFNS/c1-14(2)3-4-17(5-6-18-14)13-8-11(10-15)7-12(16)9-13/h7-9H,3-6,10H2,1-2H3. The Labute approximate surface area is 118 Å². The smallest absolute Gasteiger partial charge is 0.125 e. The Morgan fingerprint density at radius 3 is 2.83 bits per heavy atom. The highest BCUT2D eigenvalue weighted by Crippen LogP contribution is 2.32. The zero-order valence-electron chi connectivity index (χ0n) is 10.9. The molecule has 1 aliphatic heterocycles. The van der Waals surface area contributed by atoms with Gasteiger partial charge in [-0.05, 0) is 30.2 Å². The van der Waals surface area contributed by atoms with Gasteiger partial charge in [0.05, 0.1) is 0 Å². The van der Waals surface area contributed by atoms with Crippen molar-refractivity contribution in [3.63, 3.8) is 0 Å². The lowest BCUT2D eigenvalue weighted by molar-refractivity contribution is 0.619. The van der Waals surface area contributed by atoms with Crippen molar-refractivity contribution >= 4 is 29.1 Å². The maximum atomic E-state index is 13.5. The van der Waals surface area contributed by atoms with Gasteiger partial charge in [0.15, 0.2) is 0 Å². The molecule has 0 saturated carbocycles. The zero-order valence-corrected chi connectivity index (χ0v) is 12.5. The van der Waals surface area contributed by atoms with Gasteiger partial charge >= 0.3 is 0 Å². The molecule has 1 aliphatic rings. The first kappa shape index (κ1) is 14.0. The van der Waals surface area contributed by atoms with E-state index in [0.717, 1.165) is 36.5 Å². The Hall–Kier alpha value is -0.410. The quantitative estimate of drug-likeness (QED) is 0.747. The molecule has 0 N–H and O–H groups in total. The van der Waals surface area contributed by atoms with Crippen LogP contribution in [0.4, 0.5) is 10.1 Å². The minimum atomic E-state index is -0.195. The molecule has 0 spiro atoms. The van der Waals surface area contributed by atoms with Gasteiger partial charge in [0, 0.05) is 35.2 Å². The Bertz CT molecular complexity index is 422. The molecule has 1 nitrogen and oxygen atoms in total. The van der Waals surface area contributed by atoms with Crippen molar-refractivity contribution in [2.45, 2.75) is 30.9 Å². The van der Waals surface area contributed by atoms with Crippen LogP contribution in [-0.2, 0) is 5.88 Å². The van der Waals surface area contributed by atoms with E-state index < -0.39 is 0 Å². The second kappa shape index (κ2) is 5.70. The van der Waals surface area contributed by atoms with Crippen LogP contribution < -0.4 is 4.90 Å². The van der Waals surface area contributed by atoms with Gasteiger partial charge < -0.3 is 4.90 Å². The third-order valence-corrected chi connectivity index (χ3v) is 4.98. The van der Waals surface area contributed by atoms with E-state index >= 15 is 0 Å². The molecule has 18 heavy (non-hydrogen) atoms. The topological polar surface area (TPSA) is 3.24 Å². The minimum Gasteiger partial charge on any atom is -0.371 e. The van der Waals surface area contributed by atoms with Crippen LogP contribution in [0.25, 0.3) is 0 Å². The summed E-state index contributed by atoms with van der Waals surface area (Å²) in [6, 6.07) is 5.12. The number of thioether (sulfide) groups is 1. The van der Waals surface area contributed by atoms with E-state index in [2.05, 4.69) is 18.7 Å². The third-order valence-electron chi connectivity index (χ3n) is 3.30. The molecule has 0 bridgehead atoms. The van der Waals surface area contributed by atoms with Gasteiger partial charge in [-0.2, -0.15) is 11.8 Å². The molecule has 1 aromatic rings.